The predicted octanol–water partition coefficient (Wildman–Crippen LogP) is 5.90. The molecule has 3 aromatic rings. The summed E-state index contributed by atoms with van der Waals surface area (Å²) in [4.78, 5) is 15.8. The zero-order valence-corrected chi connectivity index (χ0v) is 21.8. The zero-order chi connectivity index (χ0) is 26.4. The Morgan fingerprint density at radius 2 is 1.95 bits per heavy atom. The molecule has 0 radical (unpaired) electrons. The summed E-state index contributed by atoms with van der Waals surface area (Å²) in [6.07, 6.45) is 5.04. The van der Waals surface area contributed by atoms with Gasteiger partial charge in [0.15, 0.2) is 0 Å². The Hall–Kier alpha value is -3.45. The molecule has 2 aromatic carbocycles. The standard InChI is InChI=1S/C31H32FNO5/c1-17-9-23(38-22-7-8-36-16-22)10-18(2)30(17)24-5-6-27(32)31-19(3-4-25(24)31)11-21-13-28-26(14-33-21)20(15-37-28)12-29(34)35/h5-6,9-10,13-14,19-20,22H,3-4,7-8,11-12,15-16H2,1-2H3,(H,34,35)/t19-,20+,22-/m0/s1. The van der Waals surface area contributed by atoms with Crippen LogP contribution in [0.3, 0.4) is 0 Å². The summed E-state index contributed by atoms with van der Waals surface area (Å²) in [5.41, 5.74) is 8.02. The van der Waals surface area contributed by atoms with Crippen LogP contribution >= 0.6 is 0 Å². The Bertz CT molecular complexity index is 1370. The first-order chi connectivity index (χ1) is 18.4. The molecule has 0 unspecified atom stereocenters. The molecule has 0 bridgehead atoms. The Kier molecular flexibility index (Phi) is 6.56. The first kappa shape index (κ1) is 24.9. The van der Waals surface area contributed by atoms with Crippen molar-refractivity contribution < 1.29 is 28.5 Å². The fourth-order valence-corrected chi connectivity index (χ4v) is 6.41. The monoisotopic (exact) mass is 517 g/mol. The summed E-state index contributed by atoms with van der Waals surface area (Å²) in [5.74, 6) is 0.392. The fraction of sp³-hybridized carbons (Fsp3) is 0.419. The van der Waals surface area contributed by atoms with E-state index in [1.807, 2.05) is 12.1 Å². The van der Waals surface area contributed by atoms with Gasteiger partial charge < -0.3 is 19.3 Å². The van der Waals surface area contributed by atoms with E-state index >= 15 is 4.39 Å². The number of carboxylic acid groups (broad SMARTS) is 1. The second-order valence-electron chi connectivity index (χ2n) is 10.8. The lowest BCUT2D eigenvalue weighted by Crippen LogP contribution is -2.15. The van der Waals surface area contributed by atoms with Gasteiger partial charge in [0.25, 0.3) is 0 Å². The number of hydrogen-bond acceptors (Lipinski definition) is 5. The van der Waals surface area contributed by atoms with Gasteiger partial charge in [-0.15, -0.1) is 0 Å². The Morgan fingerprint density at radius 1 is 1.13 bits per heavy atom. The van der Waals surface area contributed by atoms with Crippen molar-refractivity contribution in [1.29, 1.82) is 0 Å². The molecule has 6 rings (SSSR count). The summed E-state index contributed by atoms with van der Waals surface area (Å²) in [7, 11) is 0. The normalized spacial score (nSPS) is 21.7. The Balaban J connectivity index is 1.27. The number of hydrogen-bond donors (Lipinski definition) is 1. The molecule has 1 saturated heterocycles. The van der Waals surface area contributed by atoms with E-state index in [2.05, 4.69) is 31.0 Å². The van der Waals surface area contributed by atoms with E-state index < -0.39 is 5.97 Å². The van der Waals surface area contributed by atoms with Crippen molar-refractivity contribution in [2.75, 3.05) is 19.8 Å². The van der Waals surface area contributed by atoms with Crippen LogP contribution in [-0.2, 0) is 22.4 Å². The van der Waals surface area contributed by atoms with Gasteiger partial charge in [-0.25, -0.2) is 4.39 Å². The van der Waals surface area contributed by atoms with Crippen LogP contribution in [0.15, 0.2) is 36.5 Å². The number of aliphatic carboxylic acids is 1. The van der Waals surface area contributed by atoms with Gasteiger partial charge in [0, 0.05) is 35.9 Å². The smallest absolute Gasteiger partial charge is 0.304 e. The van der Waals surface area contributed by atoms with Crippen LogP contribution in [0.1, 0.15) is 64.6 Å². The van der Waals surface area contributed by atoms with Crippen molar-refractivity contribution in [2.24, 2.45) is 0 Å². The number of aryl methyl sites for hydroxylation is 2. The molecule has 1 aliphatic carbocycles. The quantitative estimate of drug-likeness (QED) is 0.421. The molecule has 0 saturated carbocycles. The van der Waals surface area contributed by atoms with Crippen LogP contribution in [0.2, 0.25) is 0 Å². The van der Waals surface area contributed by atoms with E-state index in [1.54, 1.807) is 12.3 Å². The topological polar surface area (TPSA) is 77.9 Å². The molecule has 6 nitrogen and oxygen atoms in total. The second-order valence-corrected chi connectivity index (χ2v) is 10.8. The summed E-state index contributed by atoms with van der Waals surface area (Å²) in [6, 6.07) is 9.58. The average Bonchev–Trinajstić information content (AvgIpc) is 3.61. The Morgan fingerprint density at radius 3 is 2.68 bits per heavy atom. The van der Waals surface area contributed by atoms with Gasteiger partial charge in [-0.05, 0) is 90.6 Å². The summed E-state index contributed by atoms with van der Waals surface area (Å²) >= 11 is 0. The molecule has 3 heterocycles. The third-order valence-corrected chi connectivity index (χ3v) is 8.13. The minimum absolute atomic E-state index is 0.0253. The first-order valence-electron chi connectivity index (χ1n) is 13.4. The maximum Gasteiger partial charge on any atom is 0.304 e. The number of rotatable bonds is 7. The lowest BCUT2D eigenvalue weighted by Gasteiger charge is -2.19. The van der Waals surface area contributed by atoms with Gasteiger partial charge in [-0.2, -0.15) is 0 Å². The summed E-state index contributed by atoms with van der Waals surface area (Å²) < 4.78 is 32.7. The molecular formula is C31H32FNO5. The molecule has 3 atom stereocenters. The molecule has 7 heteroatoms. The molecule has 1 aromatic heterocycles. The van der Waals surface area contributed by atoms with Crippen LogP contribution in [0.5, 0.6) is 11.5 Å². The van der Waals surface area contributed by atoms with Crippen molar-refractivity contribution in [2.45, 2.75) is 63.9 Å². The van der Waals surface area contributed by atoms with Gasteiger partial charge >= 0.3 is 5.97 Å². The highest BCUT2D eigenvalue weighted by Gasteiger charge is 2.32. The SMILES string of the molecule is Cc1cc(O[C@H]2CCOC2)cc(C)c1-c1ccc(F)c2c1CC[C@H]2Cc1cc2c(cn1)[C@H](CC(=O)O)CO2. The molecular weight excluding hydrogens is 485 g/mol. The highest BCUT2D eigenvalue weighted by molar-refractivity contribution is 5.76. The maximum atomic E-state index is 15.3. The van der Waals surface area contributed by atoms with Crippen LogP contribution in [0.4, 0.5) is 4.39 Å². The van der Waals surface area contributed by atoms with E-state index in [0.717, 1.165) is 76.3 Å². The predicted molar refractivity (Wildman–Crippen MR) is 141 cm³/mol. The van der Waals surface area contributed by atoms with Gasteiger partial charge in [-0.1, -0.05) is 6.07 Å². The Labute approximate surface area is 221 Å². The van der Waals surface area contributed by atoms with Crippen LogP contribution in [0.25, 0.3) is 11.1 Å². The van der Waals surface area contributed by atoms with Crippen molar-refractivity contribution >= 4 is 5.97 Å². The van der Waals surface area contributed by atoms with Crippen molar-refractivity contribution in [3.8, 4) is 22.6 Å². The minimum Gasteiger partial charge on any atom is -0.493 e. The number of ether oxygens (including phenoxy) is 3. The zero-order valence-electron chi connectivity index (χ0n) is 21.8. The highest BCUT2D eigenvalue weighted by Crippen LogP contribution is 2.45. The van der Waals surface area contributed by atoms with Crippen molar-refractivity contribution in [1.82, 2.24) is 4.98 Å². The second kappa shape index (κ2) is 10.0. The molecule has 1 fully saturated rings. The number of fused-ring (bicyclic) bond motifs is 2. The number of benzene rings is 2. The van der Waals surface area contributed by atoms with E-state index in [-0.39, 0.29) is 30.2 Å². The summed E-state index contributed by atoms with van der Waals surface area (Å²) in [6.45, 7) is 5.90. The number of halogens is 1. The number of nitrogens with zero attached hydrogens (tertiary/aromatic N) is 1. The van der Waals surface area contributed by atoms with Gasteiger partial charge in [0.05, 0.1) is 26.2 Å². The van der Waals surface area contributed by atoms with Gasteiger partial charge in [0.2, 0.25) is 0 Å². The van der Waals surface area contributed by atoms with E-state index in [1.165, 1.54) is 0 Å². The lowest BCUT2D eigenvalue weighted by atomic mass is 9.88. The third kappa shape index (κ3) is 4.64. The number of carbonyl (C=O) groups is 1. The maximum absolute atomic E-state index is 15.3. The fourth-order valence-electron chi connectivity index (χ4n) is 6.41. The number of carboxylic acids is 1. The van der Waals surface area contributed by atoms with Gasteiger partial charge in [-0.3, -0.25) is 9.78 Å². The average molecular weight is 518 g/mol. The highest BCUT2D eigenvalue weighted by atomic mass is 19.1. The molecule has 38 heavy (non-hydrogen) atoms. The molecule has 3 aliphatic rings. The van der Waals surface area contributed by atoms with E-state index in [0.29, 0.717) is 25.4 Å². The molecule has 1 N–H and O–H groups in total. The number of pyridine rings is 1. The largest absolute Gasteiger partial charge is 0.493 e. The molecule has 198 valence electrons. The van der Waals surface area contributed by atoms with Crippen LogP contribution in [-0.4, -0.2) is 42.0 Å². The van der Waals surface area contributed by atoms with Crippen LogP contribution < -0.4 is 9.47 Å². The van der Waals surface area contributed by atoms with E-state index in [9.17, 15) is 4.79 Å². The number of aromatic nitrogens is 1. The molecule has 0 amide bonds. The third-order valence-electron chi connectivity index (χ3n) is 8.13. The van der Waals surface area contributed by atoms with Crippen molar-refractivity contribution in [3.63, 3.8) is 0 Å². The molecule has 2 aliphatic heterocycles. The van der Waals surface area contributed by atoms with Crippen molar-refractivity contribution in [3.05, 3.63) is 75.9 Å². The summed E-state index contributed by atoms with van der Waals surface area (Å²) in [5, 5.41) is 9.15. The van der Waals surface area contributed by atoms with Crippen LogP contribution in [0, 0.1) is 19.7 Å². The van der Waals surface area contributed by atoms with Gasteiger partial charge in [0.1, 0.15) is 23.4 Å². The molecule has 0 spiro atoms. The van der Waals surface area contributed by atoms with E-state index in [4.69, 9.17) is 19.3 Å². The first-order valence-corrected chi connectivity index (χ1v) is 13.4. The minimum atomic E-state index is -0.847. The lowest BCUT2D eigenvalue weighted by molar-refractivity contribution is -0.137.